The maximum Gasteiger partial charge on any atom is 0.338 e. The number of fused-ring (bicyclic) bond motifs is 1. The summed E-state index contributed by atoms with van der Waals surface area (Å²) in [6.45, 7) is 5.82. The van der Waals surface area contributed by atoms with Gasteiger partial charge in [-0.15, -0.1) is 0 Å². The summed E-state index contributed by atoms with van der Waals surface area (Å²) in [5, 5.41) is 4.40. The zero-order chi connectivity index (χ0) is 27.5. The number of aromatic nitrogens is 5. The van der Waals surface area contributed by atoms with Crippen molar-refractivity contribution in [3.05, 3.63) is 52.3 Å². The van der Waals surface area contributed by atoms with E-state index < -0.39 is 0 Å². The first-order chi connectivity index (χ1) is 18.8. The molecular weight excluding hydrogens is 560 g/mol. The number of carbonyl (C=O) groups is 1. The van der Waals surface area contributed by atoms with Crippen molar-refractivity contribution in [2.75, 3.05) is 18.9 Å². The van der Waals surface area contributed by atoms with E-state index in [2.05, 4.69) is 42.5 Å². The van der Waals surface area contributed by atoms with E-state index in [1.165, 1.54) is 12.8 Å². The van der Waals surface area contributed by atoms with Crippen LogP contribution in [-0.2, 0) is 18.3 Å². The highest BCUT2D eigenvalue weighted by molar-refractivity contribution is 9.10. The summed E-state index contributed by atoms with van der Waals surface area (Å²) in [6, 6.07) is 9.55. The smallest absolute Gasteiger partial charge is 0.338 e. The third kappa shape index (κ3) is 6.61. The molecule has 0 bridgehead atoms. The number of halogens is 1. The Labute approximate surface area is 236 Å². The van der Waals surface area contributed by atoms with Crippen LogP contribution >= 0.6 is 15.9 Å². The zero-order valence-corrected chi connectivity index (χ0v) is 24.3. The molecule has 39 heavy (non-hydrogen) atoms. The quantitative estimate of drug-likeness (QED) is 0.202. The monoisotopic (exact) mass is 594 g/mol. The molecule has 0 radical (unpaired) electrons. The van der Waals surface area contributed by atoms with Gasteiger partial charge in [-0.2, -0.15) is 5.10 Å². The SMILES string of the molecule is Cc1cc(C(=O)OCCC2CC2)cc(-c2cnn(C)c2OC[C@@H](C)CCCn2c(N)nc3cc(Br)ccc32)n1. The van der Waals surface area contributed by atoms with Crippen LogP contribution in [0.2, 0.25) is 0 Å². The van der Waals surface area contributed by atoms with Gasteiger partial charge in [0.1, 0.15) is 0 Å². The molecule has 4 aromatic rings. The number of carbonyl (C=O) groups excluding carboxylic acids is 1. The molecule has 1 aliphatic rings. The standard InChI is InChI=1S/C29H35BrN6O3/c1-18(5-4-11-36-26-9-8-22(30)15-25(26)34-29(36)31)17-39-27-23(16-32-35(27)3)24-14-21(13-19(2)33-24)28(37)38-12-10-20-6-7-20/h8-9,13-16,18,20H,4-7,10-12,17H2,1-3H3,(H2,31,34)/t18-/m0/s1. The summed E-state index contributed by atoms with van der Waals surface area (Å²) in [6.07, 6.45) is 7.06. The number of hydrogen-bond donors (Lipinski definition) is 1. The number of anilines is 1. The molecule has 206 valence electrons. The van der Waals surface area contributed by atoms with Gasteiger partial charge in [0.05, 0.1) is 47.3 Å². The van der Waals surface area contributed by atoms with Crippen LogP contribution in [0.1, 0.15) is 55.1 Å². The predicted octanol–water partition coefficient (Wildman–Crippen LogP) is 5.94. The average Bonchev–Trinajstić information content (AvgIpc) is 3.57. The lowest BCUT2D eigenvalue weighted by Crippen LogP contribution is -2.13. The molecule has 0 amide bonds. The van der Waals surface area contributed by atoms with Crippen LogP contribution in [0.3, 0.4) is 0 Å². The second-order valence-corrected chi connectivity index (χ2v) is 11.5. The summed E-state index contributed by atoms with van der Waals surface area (Å²) in [5.41, 5.74) is 10.7. The van der Waals surface area contributed by atoms with Gasteiger partial charge in [0.2, 0.25) is 11.8 Å². The van der Waals surface area contributed by atoms with E-state index in [1.54, 1.807) is 23.0 Å². The molecule has 2 N–H and O–H groups in total. The van der Waals surface area contributed by atoms with Crippen molar-refractivity contribution in [2.45, 2.75) is 52.5 Å². The Kier molecular flexibility index (Phi) is 8.20. The van der Waals surface area contributed by atoms with Gasteiger partial charge in [0, 0.05) is 23.8 Å². The Morgan fingerprint density at radius 1 is 1.23 bits per heavy atom. The topological polar surface area (TPSA) is 110 Å². The van der Waals surface area contributed by atoms with Crippen molar-refractivity contribution in [1.82, 2.24) is 24.3 Å². The number of nitrogens with zero attached hydrogens (tertiary/aromatic N) is 5. The van der Waals surface area contributed by atoms with Crippen molar-refractivity contribution in [3.8, 4) is 17.1 Å². The molecule has 1 saturated carbocycles. The molecule has 10 heteroatoms. The summed E-state index contributed by atoms with van der Waals surface area (Å²) in [5.74, 6) is 1.87. The third-order valence-electron chi connectivity index (χ3n) is 7.13. The van der Waals surface area contributed by atoms with Crippen LogP contribution in [0, 0.1) is 18.8 Å². The van der Waals surface area contributed by atoms with E-state index in [0.29, 0.717) is 42.2 Å². The van der Waals surface area contributed by atoms with Gasteiger partial charge in [-0.3, -0.25) is 4.98 Å². The minimum atomic E-state index is -0.318. The number of imidazole rings is 1. The van der Waals surface area contributed by atoms with Crippen LogP contribution < -0.4 is 10.5 Å². The van der Waals surface area contributed by atoms with Crippen LogP contribution in [-0.4, -0.2) is 43.5 Å². The highest BCUT2D eigenvalue weighted by Gasteiger charge is 2.22. The van der Waals surface area contributed by atoms with Crippen LogP contribution in [0.5, 0.6) is 5.88 Å². The van der Waals surface area contributed by atoms with Gasteiger partial charge in [-0.1, -0.05) is 35.7 Å². The van der Waals surface area contributed by atoms with E-state index >= 15 is 0 Å². The molecule has 3 aromatic heterocycles. The zero-order valence-electron chi connectivity index (χ0n) is 22.7. The number of esters is 1. The lowest BCUT2D eigenvalue weighted by atomic mass is 10.1. The summed E-state index contributed by atoms with van der Waals surface area (Å²) in [4.78, 5) is 21.8. The average molecular weight is 596 g/mol. The van der Waals surface area contributed by atoms with E-state index in [9.17, 15) is 4.79 Å². The lowest BCUT2D eigenvalue weighted by Gasteiger charge is -2.15. The van der Waals surface area contributed by atoms with Crippen molar-refractivity contribution in [3.63, 3.8) is 0 Å². The van der Waals surface area contributed by atoms with Crippen LogP contribution in [0.25, 0.3) is 22.3 Å². The summed E-state index contributed by atoms with van der Waals surface area (Å²) < 4.78 is 16.5. The van der Waals surface area contributed by atoms with Gasteiger partial charge >= 0.3 is 5.97 Å². The Bertz CT molecular complexity index is 1480. The molecule has 1 aromatic carbocycles. The Balaban J connectivity index is 1.19. The fourth-order valence-electron chi connectivity index (χ4n) is 4.76. The van der Waals surface area contributed by atoms with Gasteiger partial charge in [0.15, 0.2) is 0 Å². The van der Waals surface area contributed by atoms with E-state index in [-0.39, 0.29) is 5.97 Å². The number of nitrogen functional groups attached to an aromatic ring is 1. The minimum Gasteiger partial charge on any atom is -0.477 e. The van der Waals surface area contributed by atoms with Gasteiger partial charge in [-0.25, -0.2) is 14.5 Å². The molecule has 5 rings (SSSR count). The van der Waals surface area contributed by atoms with E-state index in [1.807, 2.05) is 32.2 Å². The predicted molar refractivity (Wildman–Crippen MR) is 155 cm³/mol. The van der Waals surface area contributed by atoms with Gasteiger partial charge < -0.3 is 19.8 Å². The molecule has 1 fully saturated rings. The molecule has 0 unspecified atom stereocenters. The van der Waals surface area contributed by atoms with Crippen LogP contribution in [0.15, 0.2) is 41.0 Å². The van der Waals surface area contributed by atoms with Crippen LogP contribution in [0.4, 0.5) is 5.95 Å². The first-order valence-electron chi connectivity index (χ1n) is 13.5. The van der Waals surface area contributed by atoms with Gasteiger partial charge in [-0.05, 0) is 68.4 Å². The highest BCUT2D eigenvalue weighted by atomic mass is 79.9. The Hall–Kier alpha value is -3.40. The first-order valence-corrected chi connectivity index (χ1v) is 14.3. The second-order valence-electron chi connectivity index (χ2n) is 10.6. The number of aryl methyl sites for hydroxylation is 3. The minimum absolute atomic E-state index is 0.306. The van der Waals surface area contributed by atoms with Crippen molar-refractivity contribution in [1.29, 1.82) is 0 Å². The Morgan fingerprint density at radius 2 is 2.05 bits per heavy atom. The molecule has 1 aliphatic carbocycles. The second kappa shape index (κ2) is 11.8. The maximum atomic E-state index is 12.7. The normalized spacial score (nSPS) is 14.1. The number of rotatable bonds is 12. The molecule has 0 aliphatic heterocycles. The van der Waals surface area contributed by atoms with Gasteiger partial charge in [0.25, 0.3) is 0 Å². The van der Waals surface area contributed by atoms with E-state index in [0.717, 1.165) is 58.5 Å². The number of benzene rings is 1. The van der Waals surface area contributed by atoms with E-state index in [4.69, 9.17) is 15.2 Å². The fraction of sp³-hybridized carbons (Fsp3) is 0.448. The highest BCUT2D eigenvalue weighted by Crippen LogP contribution is 2.33. The third-order valence-corrected chi connectivity index (χ3v) is 7.62. The van der Waals surface area contributed by atoms with Crippen molar-refractivity contribution >= 4 is 38.9 Å². The number of pyridine rings is 1. The molecular formula is C29H35BrN6O3. The van der Waals surface area contributed by atoms with Crippen molar-refractivity contribution in [2.24, 2.45) is 18.9 Å². The molecule has 1 atom stereocenters. The lowest BCUT2D eigenvalue weighted by molar-refractivity contribution is 0.0494. The number of hydrogen-bond acceptors (Lipinski definition) is 7. The van der Waals surface area contributed by atoms with Crippen molar-refractivity contribution < 1.29 is 14.3 Å². The number of ether oxygens (including phenoxy) is 2. The largest absolute Gasteiger partial charge is 0.477 e. The Morgan fingerprint density at radius 3 is 2.85 bits per heavy atom. The summed E-state index contributed by atoms with van der Waals surface area (Å²) in [7, 11) is 1.84. The molecule has 9 nitrogen and oxygen atoms in total. The first kappa shape index (κ1) is 27.2. The molecule has 0 saturated heterocycles. The maximum absolute atomic E-state index is 12.7. The fourth-order valence-corrected chi connectivity index (χ4v) is 5.11. The molecule has 0 spiro atoms. The summed E-state index contributed by atoms with van der Waals surface area (Å²) >= 11 is 3.49. The number of nitrogens with two attached hydrogens (primary N) is 1. The molecule has 3 heterocycles.